The van der Waals surface area contributed by atoms with Crippen molar-refractivity contribution in [2.75, 3.05) is 5.32 Å². The highest BCUT2D eigenvalue weighted by atomic mass is 19.4. The number of carboxylic acids is 1. The van der Waals surface area contributed by atoms with Crippen molar-refractivity contribution in [3.05, 3.63) is 29.3 Å². The molecule has 0 spiro atoms. The van der Waals surface area contributed by atoms with Crippen molar-refractivity contribution in [1.29, 1.82) is 0 Å². The van der Waals surface area contributed by atoms with Crippen LogP contribution in [0.3, 0.4) is 0 Å². The Hall–Kier alpha value is -1.72. The van der Waals surface area contributed by atoms with E-state index in [0.29, 0.717) is 11.3 Å². The Morgan fingerprint density at radius 1 is 1.47 bits per heavy atom. The van der Waals surface area contributed by atoms with Gasteiger partial charge in [0.05, 0.1) is 5.41 Å². The fourth-order valence-electron chi connectivity index (χ4n) is 2.46. The van der Waals surface area contributed by atoms with E-state index in [2.05, 4.69) is 5.32 Å². The summed E-state index contributed by atoms with van der Waals surface area (Å²) >= 11 is 0. The standard InChI is InChI=1S/C13H14F3NO2/c1-7-3-4-9-8(5-7)6-12(2,11(18)19)10(17-9)13(14,15)16/h3-5,10,17H,6H2,1-2H3,(H,18,19)/t10-,12?/m0/s1. The topological polar surface area (TPSA) is 49.3 Å². The predicted octanol–water partition coefficient (Wildman–Crippen LogP) is 2.98. The largest absolute Gasteiger partial charge is 0.481 e. The van der Waals surface area contributed by atoms with Gasteiger partial charge in [-0.05, 0) is 31.9 Å². The van der Waals surface area contributed by atoms with Crippen LogP contribution in [-0.4, -0.2) is 23.3 Å². The Morgan fingerprint density at radius 2 is 2.11 bits per heavy atom. The molecule has 6 heteroatoms. The first kappa shape index (κ1) is 13.7. The number of nitrogens with one attached hydrogen (secondary N) is 1. The molecule has 0 aromatic heterocycles. The number of hydrogen-bond acceptors (Lipinski definition) is 2. The molecule has 0 aliphatic carbocycles. The lowest BCUT2D eigenvalue weighted by Crippen LogP contribution is -2.56. The van der Waals surface area contributed by atoms with Crippen LogP contribution in [0.4, 0.5) is 18.9 Å². The van der Waals surface area contributed by atoms with Gasteiger partial charge in [-0.25, -0.2) is 0 Å². The SMILES string of the molecule is Cc1ccc2c(c1)CC(C)(C(=O)O)[C@@H](C(F)(F)F)N2. The smallest absolute Gasteiger partial charge is 0.409 e. The van der Waals surface area contributed by atoms with E-state index in [-0.39, 0.29) is 6.42 Å². The third kappa shape index (κ3) is 2.27. The number of halogens is 3. The van der Waals surface area contributed by atoms with Gasteiger partial charge in [0.15, 0.2) is 0 Å². The fraction of sp³-hybridized carbons (Fsp3) is 0.462. The highest BCUT2D eigenvalue weighted by Crippen LogP contribution is 2.44. The summed E-state index contributed by atoms with van der Waals surface area (Å²) in [6, 6.07) is 2.89. The number of aliphatic carboxylic acids is 1. The van der Waals surface area contributed by atoms with Crippen LogP contribution in [0.1, 0.15) is 18.1 Å². The van der Waals surface area contributed by atoms with Crippen molar-refractivity contribution < 1.29 is 23.1 Å². The van der Waals surface area contributed by atoms with Gasteiger partial charge in [-0.1, -0.05) is 17.7 Å². The Kier molecular flexibility index (Phi) is 2.99. The van der Waals surface area contributed by atoms with Gasteiger partial charge < -0.3 is 10.4 Å². The molecule has 2 atom stereocenters. The van der Waals surface area contributed by atoms with Gasteiger partial charge in [-0.15, -0.1) is 0 Å². The van der Waals surface area contributed by atoms with Crippen LogP contribution < -0.4 is 5.32 Å². The van der Waals surface area contributed by atoms with E-state index in [4.69, 9.17) is 0 Å². The summed E-state index contributed by atoms with van der Waals surface area (Å²) in [6.45, 7) is 2.94. The zero-order chi connectivity index (χ0) is 14.4. The van der Waals surface area contributed by atoms with Crippen molar-refractivity contribution in [2.24, 2.45) is 5.41 Å². The van der Waals surface area contributed by atoms with Gasteiger partial charge in [0.1, 0.15) is 6.04 Å². The fourth-order valence-corrected chi connectivity index (χ4v) is 2.46. The Bertz CT molecular complexity index is 527. The van der Waals surface area contributed by atoms with E-state index in [0.717, 1.165) is 12.5 Å². The molecule has 104 valence electrons. The third-order valence-corrected chi connectivity index (χ3v) is 3.57. The molecule has 0 fully saturated rings. The summed E-state index contributed by atoms with van der Waals surface area (Å²) in [5.74, 6) is -1.45. The van der Waals surface area contributed by atoms with Crippen molar-refractivity contribution in [3.63, 3.8) is 0 Å². The first-order valence-electron chi connectivity index (χ1n) is 5.81. The van der Waals surface area contributed by atoms with Gasteiger partial charge in [0, 0.05) is 5.69 Å². The van der Waals surface area contributed by atoms with Gasteiger partial charge in [-0.3, -0.25) is 4.79 Å². The summed E-state index contributed by atoms with van der Waals surface area (Å²) in [5, 5.41) is 11.5. The summed E-state index contributed by atoms with van der Waals surface area (Å²) in [6.07, 6.45) is -4.76. The van der Waals surface area contributed by atoms with Gasteiger partial charge in [-0.2, -0.15) is 13.2 Å². The number of benzene rings is 1. The molecule has 2 N–H and O–H groups in total. The van der Waals surface area contributed by atoms with Crippen molar-refractivity contribution >= 4 is 11.7 Å². The molecule has 2 rings (SSSR count). The van der Waals surface area contributed by atoms with Crippen LogP contribution in [0.2, 0.25) is 0 Å². The highest BCUT2D eigenvalue weighted by Gasteiger charge is 2.57. The summed E-state index contributed by atoms with van der Waals surface area (Å²) in [4.78, 5) is 11.3. The Labute approximate surface area is 108 Å². The van der Waals surface area contributed by atoms with Gasteiger partial charge in [0.25, 0.3) is 0 Å². The molecule has 0 saturated heterocycles. The molecule has 1 unspecified atom stereocenters. The third-order valence-electron chi connectivity index (χ3n) is 3.57. The second-order valence-electron chi connectivity index (χ2n) is 5.18. The maximum Gasteiger partial charge on any atom is 0.409 e. The van der Waals surface area contributed by atoms with Crippen molar-refractivity contribution in [3.8, 4) is 0 Å². The number of carbonyl (C=O) groups is 1. The van der Waals surface area contributed by atoms with Crippen molar-refractivity contribution in [2.45, 2.75) is 32.5 Å². The predicted molar refractivity (Wildman–Crippen MR) is 64.1 cm³/mol. The maximum atomic E-state index is 13.0. The van der Waals surface area contributed by atoms with E-state index < -0.39 is 23.6 Å². The lowest BCUT2D eigenvalue weighted by Gasteiger charge is -2.41. The molecule has 1 aromatic rings. The molecule has 1 aliphatic heterocycles. The zero-order valence-corrected chi connectivity index (χ0v) is 10.5. The zero-order valence-electron chi connectivity index (χ0n) is 10.5. The number of hydrogen-bond donors (Lipinski definition) is 2. The summed E-state index contributed by atoms with van der Waals surface area (Å²) < 4.78 is 39.1. The molecule has 0 amide bonds. The van der Waals surface area contributed by atoms with E-state index in [1.54, 1.807) is 18.2 Å². The molecular weight excluding hydrogens is 259 g/mol. The highest BCUT2D eigenvalue weighted by molar-refractivity contribution is 5.79. The number of rotatable bonds is 1. The van der Waals surface area contributed by atoms with Crippen LogP contribution in [0.5, 0.6) is 0 Å². The molecular formula is C13H14F3NO2. The monoisotopic (exact) mass is 273 g/mol. The Morgan fingerprint density at radius 3 is 2.63 bits per heavy atom. The second-order valence-corrected chi connectivity index (χ2v) is 5.18. The Balaban J connectivity index is 2.52. The number of carboxylic acid groups (broad SMARTS) is 1. The lowest BCUT2D eigenvalue weighted by atomic mass is 9.73. The average Bonchev–Trinajstić information content (AvgIpc) is 2.26. The molecule has 0 saturated carbocycles. The first-order chi connectivity index (χ1) is 8.64. The average molecular weight is 273 g/mol. The number of aryl methyl sites for hydroxylation is 1. The minimum atomic E-state index is -4.62. The first-order valence-corrected chi connectivity index (χ1v) is 5.81. The molecule has 3 nitrogen and oxygen atoms in total. The summed E-state index contributed by atoms with van der Waals surface area (Å²) in [7, 11) is 0. The molecule has 1 heterocycles. The van der Waals surface area contributed by atoms with Crippen LogP contribution in [0.25, 0.3) is 0 Å². The molecule has 0 bridgehead atoms. The minimum absolute atomic E-state index is 0.142. The van der Waals surface area contributed by atoms with E-state index in [9.17, 15) is 23.1 Å². The number of anilines is 1. The van der Waals surface area contributed by atoms with E-state index in [1.807, 2.05) is 6.92 Å². The van der Waals surface area contributed by atoms with Crippen molar-refractivity contribution in [1.82, 2.24) is 0 Å². The van der Waals surface area contributed by atoms with Crippen LogP contribution in [0, 0.1) is 12.3 Å². The molecule has 19 heavy (non-hydrogen) atoms. The number of fused-ring (bicyclic) bond motifs is 1. The van der Waals surface area contributed by atoms with Crippen LogP contribution in [0.15, 0.2) is 18.2 Å². The molecule has 0 radical (unpaired) electrons. The molecule has 1 aliphatic rings. The van der Waals surface area contributed by atoms with Crippen LogP contribution >= 0.6 is 0 Å². The maximum absolute atomic E-state index is 13.0. The minimum Gasteiger partial charge on any atom is -0.481 e. The number of alkyl halides is 3. The van der Waals surface area contributed by atoms with E-state index >= 15 is 0 Å². The van der Waals surface area contributed by atoms with Gasteiger partial charge >= 0.3 is 12.1 Å². The normalized spacial score (nSPS) is 26.5. The quantitative estimate of drug-likeness (QED) is 0.827. The van der Waals surface area contributed by atoms with E-state index in [1.165, 1.54) is 0 Å². The summed E-state index contributed by atoms with van der Waals surface area (Å²) in [5.41, 5.74) is -0.0604. The lowest BCUT2D eigenvalue weighted by molar-refractivity contribution is -0.183. The second kappa shape index (κ2) is 4.15. The molecule has 1 aromatic carbocycles. The van der Waals surface area contributed by atoms with Gasteiger partial charge in [0.2, 0.25) is 0 Å². The van der Waals surface area contributed by atoms with Crippen LogP contribution in [-0.2, 0) is 11.2 Å².